The fourth-order valence-corrected chi connectivity index (χ4v) is 3.59. The monoisotopic (exact) mass is 367 g/mol. The second kappa shape index (κ2) is 6.16. The summed E-state index contributed by atoms with van der Waals surface area (Å²) in [6, 6.07) is 8.75. The number of amides is 1. The molecule has 130 valence electrons. The number of benzene rings is 1. The molecule has 0 saturated heterocycles. The minimum atomic E-state index is -0.991. The zero-order valence-electron chi connectivity index (χ0n) is 13.3. The smallest absolute Gasteiger partial charge is 0.307 e. The highest BCUT2D eigenvalue weighted by Crippen LogP contribution is 2.29. The van der Waals surface area contributed by atoms with E-state index in [1.165, 1.54) is 17.5 Å². The van der Waals surface area contributed by atoms with Gasteiger partial charge in [-0.1, -0.05) is 6.07 Å². The lowest BCUT2D eigenvalue weighted by Crippen LogP contribution is -2.10. The number of pyridine rings is 1. The fraction of sp³-hybridized carbons (Fsp3) is 0.0556. The summed E-state index contributed by atoms with van der Waals surface area (Å²) in [4.78, 5) is 41.6. The van der Waals surface area contributed by atoms with Crippen molar-refractivity contribution in [2.75, 3.05) is 5.32 Å². The van der Waals surface area contributed by atoms with Crippen molar-refractivity contribution >= 4 is 50.7 Å². The molecule has 0 radical (unpaired) electrons. The van der Waals surface area contributed by atoms with Gasteiger partial charge in [0, 0.05) is 28.2 Å². The minimum absolute atomic E-state index is 0.216. The van der Waals surface area contributed by atoms with E-state index in [9.17, 15) is 14.4 Å². The first-order valence-electron chi connectivity index (χ1n) is 7.75. The predicted octanol–water partition coefficient (Wildman–Crippen LogP) is 2.95. The topological polar surface area (TPSA) is 115 Å². The van der Waals surface area contributed by atoms with Gasteiger partial charge in [-0.05, 0) is 35.2 Å². The third-order valence-corrected chi connectivity index (χ3v) is 4.94. The maximum absolute atomic E-state index is 12.2. The quantitative estimate of drug-likeness (QED) is 0.444. The molecule has 1 aromatic carbocycles. The highest BCUT2D eigenvalue weighted by atomic mass is 32.1. The molecule has 26 heavy (non-hydrogen) atoms. The zero-order chi connectivity index (χ0) is 18.3. The van der Waals surface area contributed by atoms with E-state index in [4.69, 9.17) is 5.11 Å². The van der Waals surface area contributed by atoms with Gasteiger partial charge in [0.1, 0.15) is 5.52 Å². The number of H-pyrrole nitrogens is 2. The number of anilines is 1. The molecule has 0 unspecified atom stereocenters. The number of rotatable bonds is 4. The summed E-state index contributed by atoms with van der Waals surface area (Å²) < 4.78 is 0. The Morgan fingerprint density at radius 2 is 2.08 bits per heavy atom. The van der Waals surface area contributed by atoms with Crippen LogP contribution < -0.4 is 10.9 Å². The number of carbonyl (C=O) groups is 2. The van der Waals surface area contributed by atoms with Crippen LogP contribution in [0.5, 0.6) is 0 Å². The van der Waals surface area contributed by atoms with Gasteiger partial charge in [0.25, 0.3) is 11.5 Å². The molecular weight excluding hydrogens is 354 g/mol. The van der Waals surface area contributed by atoms with Crippen molar-refractivity contribution in [3.63, 3.8) is 0 Å². The lowest BCUT2D eigenvalue weighted by Gasteiger charge is -2.05. The van der Waals surface area contributed by atoms with Gasteiger partial charge in [0.15, 0.2) is 0 Å². The first kappa shape index (κ1) is 16.1. The molecule has 0 aliphatic rings. The van der Waals surface area contributed by atoms with Crippen LogP contribution in [0.1, 0.15) is 15.2 Å². The van der Waals surface area contributed by atoms with E-state index in [1.54, 1.807) is 30.3 Å². The van der Waals surface area contributed by atoms with Gasteiger partial charge in [-0.2, -0.15) is 0 Å². The Bertz CT molecular complexity index is 1200. The Labute approximate surface area is 150 Å². The SMILES string of the molecule is O=C(O)Cc1c[nH]c(=O)c2[nH]c3ccc(NC(=O)c4cccs4)cc3c12. The molecular formula is C18H13N3O4S. The first-order valence-corrected chi connectivity index (χ1v) is 8.63. The normalized spacial score (nSPS) is 11.1. The van der Waals surface area contributed by atoms with Crippen LogP contribution in [-0.2, 0) is 11.2 Å². The van der Waals surface area contributed by atoms with Gasteiger partial charge < -0.3 is 20.4 Å². The third-order valence-electron chi connectivity index (χ3n) is 4.07. The van der Waals surface area contributed by atoms with E-state index in [2.05, 4.69) is 15.3 Å². The van der Waals surface area contributed by atoms with E-state index >= 15 is 0 Å². The van der Waals surface area contributed by atoms with E-state index < -0.39 is 5.97 Å². The number of hydrogen-bond donors (Lipinski definition) is 4. The van der Waals surface area contributed by atoms with Crippen molar-refractivity contribution in [2.45, 2.75) is 6.42 Å². The van der Waals surface area contributed by atoms with Crippen LogP contribution in [0, 0.1) is 0 Å². The Kier molecular flexibility index (Phi) is 3.81. The van der Waals surface area contributed by atoms with Crippen LogP contribution in [0.4, 0.5) is 5.69 Å². The lowest BCUT2D eigenvalue weighted by molar-refractivity contribution is -0.136. The van der Waals surface area contributed by atoms with Crippen LogP contribution in [0.25, 0.3) is 21.8 Å². The minimum Gasteiger partial charge on any atom is -0.481 e. The van der Waals surface area contributed by atoms with Crippen molar-refractivity contribution in [1.29, 1.82) is 0 Å². The maximum Gasteiger partial charge on any atom is 0.307 e. The van der Waals surface area contributed by atoms with Gasteiger partial charge in [0.05, 0.1) is 11.3 Å². The molecule has 8 heteroatoms. The number of aromatic amines is 2. The molecule has 0 aliphatic heterocycles. The molecule has 0 aliphatic carbocycles. The summed E-state index contributed by atoms with van der Waals surface area (Å²) in [6.07, 6.45) is 1.20. The van der Waals surface area contributed by atoms with Gasteiger partial charge >= 0.3 is 5.97 Å². The number of carbonyl (C=O) groups excluding carboxylic acids is 1. The molecule has 4 rings (SSSR count). The third kappa shape index (κ3) is 2.76. The Morgan fingerprint density at radius 3 is 2.81 bits per heavy atom. The van der Waals surface area contributed by atoms with Gasteiger partial charge in [-0.3, -0.25) is 14.4 Å². The van der Waals surface area contributed by atoms with E-state index in [0.29, 0.717) is 37.9 Å². The average Bonchev–Trinajstić information content (AvgIpc) is 3.25. The first-order chi connectivity index (χ1) is 12.5. The van der Waals surface area contributed by atoms with Crippen LogP contribution in [-0.4, -0.2) is 27.0 Å². The van der Waals surface area contributed by atoms with Crippen LogP contribution >= 0.6 is 11.3 Å². The van der Waals surface area contributed by atoms with Gasteiger partial charge in [-0.15, -0.1) is 11.3 Å². The average molecular weight is 367 g/mol. The van der Waals surface area contributed by atoms with Crippen molar-refractivity contribution in [2.24, 2.45) is 0 Å². The highest BCUT2D eigenvalue weighted by molar-refractivity contribution is 7.12. The number of fused-ring (bicyclic) bond motifs is 3. The molecule has 0 bridgehead atoms. The number of carboxylic acids is 1. The van der Waals surface area contributed by atoms with Crippen LogP contribution in [0.3, 0.4) is 0 Å². The van der Waals surface area contributed by atoms with Crippen molar-refractivity contribution in [3.05, 3.63) is 62.7 Å². The molecule has 0 fully saturated rings. The van der Waals surface area contributed by atoms with Crippen LogP contribution in [0.2, 0.25) is 0 Å². The second-order valence-corrected chi connectivity index (χ2v) is 6.73. The number of carboxylic acid groups (broad SMARTS) is 1. The van der Waals surface area contributed by atoms with E-state index in [0.717, 1.165) is 0 Å². The number of hydrogen-bond acceptors (Lipinski definition) is 4. The van der Waals surface area contributed by atoms with Crippen molar-refractivity contribution in [3.8, 4) is 0 Å². The molecule has 4 N–H and O–H groups in total. The summed E-state index contributed by atoms with van der Waals surface area (Å²) in [5, 5.41) is 15.0. The summed E-state index contributed by atoms with van der Waals surface area (Å²) in [6.45, 7) is 0. The standard InChI is InChI=1S/C18H13N3O4S/c22-14(23)6-9-8-19-18(25)16-15(9)11-7-10(3-4-12(11)21-16)20-17(24)13-2-1-5-26-13/h1-5,7-8,21H,6H2,(H,19,25)(H,20,24)(H,22,23). The summed E-state index contributed by atoms with van der Waals surface area (Å²) in [7, 11) is 0. The predicted molar refractivity (Wildman–Crippen MR) is 100 cm³/mol. The van der Waals surface area contributed by atoms with E-state index in [1.807, 2.05) is 5.38 Å². The van der Waals surface area contributed by atoms with Crippen molar-refractivity contribution < 1.29 is 14.7 Å². The Balaban J connectivity index is 1.85. The lowest BCUT2D eigenvalue weighted by atomic mass is 10.1. The zero-order valence-corrected chi connectivity index (χ0v) is 14.1. The number of aromatic nitrogens is 2. The van der Waals surface area contributed by atoms with Gasteiger partial charge in [-0.25, -0.2) is 0 Å². The molecule has 7 nitrogen and oxygen atoms in total. The Hall–Kier alpha value is -3.39. The summed E-state index contributed by atoms with van der Waals surface area (Å²) in [5.74, 6) is -1.21. The Morgan fingerprint density at radius 1 is 1.23 bits per heavy atom. The van der Waals surface area contributed by atoms with Crippen LogP contribution in [0.15, 0.2) is 46.7 Å². The summed E-state index contributed by atoms with van der Waals surface area (Å²) in [5.41, 5.74) is 1.76. The molecule has 4 aromatic rings. The number of aliphatic carboxylic acids is 1. The molecule has 0 saturated carbocycles. The molecule has 0 atom stereocenters. The molecule has 3 heterocycles. The van der Waals surface area contributed by atoms with E-state index in [-0.39, 0.29) is 17.9 Å². The maximum atomic E-state index is 12.2. The second-order valence-electron chi connectivity index (χ2n) is 5.78. The number of thiophene rings is 1. The number of nitrogens with one attached hydrogen (secondary N) is 3. The fourth-order valence-electron chi connectivity index (χ4n) is 2.97. The molecule has 0 spiro atoms. The van der Waals surface area contributed by atoms with Crippen molar-refractivity contribution in [1.82, 2.24) is 9.97 Å². The summed E-state index contributed by atoms with van der Waals surface area (Å²) >= 11 is 1.34. The largest absolute Gasteiger partial charge is 0.481 e. The molecule has 3 aromatic heterocycles. The highest BCUT2D eigenvalue weighted by Gasteiger charge is 2.15. The van der Waals surface area contributed by atoms with Gasteiger partial charge in [0.2, 0.25) is 0 Å². The molecule has 1 amide bonds.